The third-order valence-electron chi connectivity index (χ3n) is 2.61. The second-order valence-corrected chi connectivity index (χ2v) is 4.06. The predicted octanol–water partition coefficient (Wildman–Crippen LogP) is 1.13. The van der Waals surface area contributed by atoms with Crippen molar-refractivity contribution in [2.45, 2.75) is 20.3 Å². The Balaban J connectivity index is 2.69. The number of carboxylic acid groups (broad SMARTS) is 1. The van der Waals surface area contributed by atoms with E-state index in [0.29, 0.717) is 5.56 Å². The maximum absolute atomic E-state index is 11.6. The van der Waals surface area contributed by atoms with E-state index >= 15 is 0 Å². The molecule has 0 fully saturated rings. The molecule has 1 rings (SSSR count). The van der Waals surface area contributed by atoms with Crippen molar-refractivity contribution in [1.29, 1.82) is 0 Å². The highest BCUT2D eigenvalue weighted by atomic mass is 16.4. The molecule has 0 spiro atoms. The van der Waals surface area contributed by atoms with E-state index in [1.54, 1.807) is 12.1 Å². The average Bonchev–Trinajstić information content (AvgIpc) is 2.42. The van der Waals surface area contributed by atoms with Gasteiger partial charge < -0.3 is 15.3 Å². The number of nitrogens with zero attached hydrogens (tertiary/aromatic N) is 2. The second kappa shape index (κ2) is 7.35. The van der Waals surface area contributed by atoms with Gasteiger partial charge in [-0.1, -0.05) is 6.92 Å². The van der Waals surface area contributed by atoms with Crippen molar-refractivity contribution in [2.24, 2.45) is 0 Å². The summed E-state index contributed by atoms with van der Waals surface area (Å²) in [5.41, 5.74) is 0.359. The van der Waals surface area contributed by atoms with Crippen molar-refractivity contribution >= 4 is 17.7 Å². The number of hydrogen-bond acceptors (Lipinski definition) is 4. The van der Waals surface area contributed by atoms with Gasteiger partial charge in [0.1, 0.15) is 12.4 Å². The van der Waals surface area contributed by atoms with Gasteiger partial charge >= 0.3 is 5.97 Å². The van der Waals surface area contributed by atoms with E-state index in [2.05, 4.69) is 22.1 Å². The molecule has 0 radical (unpaired) electrons. The number of hydrogen-bond donors (Lipinski definition) is 2. The van der Waals surface area contributed by atoms with Gasteiger partial charge in [-0.2, -0.15) is 0 Å². The van der Waals surface area contributed by atoms with E-state index in [1.807, 2.05) is 6.92 Å². The molecule has 0 aliphatic carbocycles. The van der Waals surface area contributed by atoms with Gasteiger partial charge in [-0.3, -0.25) is 9.59 Å². The van der Waals surface area contributed by atoms with Crippen LogP contribution in [-0.2, 0) is 4.79 Å². The van der Waals surface area contributed by atoms with Crippen molar-refractivity contribution < 1.29 is 14.7 Å². The highest BCUT2D eigenvalue weighted by Crippen LogP contribution is 2.11. The summed E-state index contributed by atoms with van der Waals surface area (Å²) in [6.07, 6.45) is 2.49. The summed E-state index contributed by atoms with van der Waals surface area (Å²) in [5, 5.41) is 10.8. The molecule has 0 atom stereocenters. The van der Waals surface area contributed by atoms with Crippen molar-refractivity contribution in [1.82, 2.24) is 10.3 Å². The zero-order chi connectivity index (χ0) is 14.3. The average molecular weight is 265 g/mol. The summed E-state index contributed by atoms with van der Waals surface area (Å²) in [4.78, 5) is 28.3. The lowest BCUT2D eigenvalue weighted by molar-refractivity contribution is -0.135. The minimum Gasteiger partial charge on any atom is -0.480 e. The van der Waals surface area contributed by atoms with E-state index in [0.717, 1.165) is 25.3 Å². The fourth-order valence-electron chi connectivity index (χ4n) is 1.67. The molecule has 1 aromatic rings. The van der Waals surface area contributed by atoms with Crippen LogP contribution in [0.25, 0.3) is 0 Å². The monoisotopic (exact) mass is 265 g/mol. The van der Waals surface area contributed by atoms with Crippen LogP contribution in [-0.4, -0.2) is 41.6 Å². The molecule has 0 bridgehead atoms. The summed E-state index contributed by atoms with van der Waals surface area (Å²) in [6.45, 7) is 5.51. The number of anilines is 1. The minimum atomic E-state index is -1.07. The second-order valence-electron chi connectivity index (χ2n) is 4.06. The Morgan fingerprint density at radius 2 is 2.11 bits per heavy atom. The number of carbonyl (C=O) groups is 2. The first-order chi connectivity index (χ1) is 9.08. The molecule has 0 aliphatic rings. The molecular weight excluding hydrogens is 246 g/mol. The molecular formula is C13H19N3O3. The molecule has 0 aliphatic heterocycles. The van der Waals surface area contributed by atoms with Crippen LogP contribution in [0.15, 0.2) is 18.3 Å². The number of pyridine rings is 1. The van der Waals surface area contributed by atoms with Crippen molar-refractivity contribution in [3.63, 3.8) is 0 Å². The first-order valence-electron chi connectivity index (χ1n) is 6.29. The van der Waals surface area contributed by atoms with Crippen molar-refractivity contribution in [2.75, 3.05) is 24.5 Å². The lowest BCUT2D eigenvalue weighted by atomic mass is 10.2. The molecule has 0 unspecified atom stereocenters. The molecule has 1 amide bonds. The van der Waals surface area contributed by atoms with Crippen LogP contribution in [0.3, 0.4) is 0 Å². The van der Waals surface area contributed by atoms with Crippen LogP contribution in [0.1, 0.15) is 30.6 Å². The van der Waals surface area contributed by atoms with Gasteiger partial charge in [-0.05, 0) is 25.5 Å². The van der Waals surface area contributed by atoms with Crippen molar-refractivity contribution in [3.05, 3.63) is 23.9 Å². The minimum absolute atomic E-state index is 0.359. The molecule has 6 nitrogen and oxygen atoms in total. The topological polar surface area (TPSA) is 82.5 Å². The summed E-state index contributed by atoms with van der Waals surface area (Å²) < 4.78 is 0. The molecule has 0 aromatic carbocycles. The van der Waals surface area contributed by atoms with E-state index in [4.69, 9.17) is 5.11 Å². The summed E-state index contributed by atoms with van der Waals surface area (Å²) in [5.74, 6) is -0.683. The molecule has 0 saturated heterocycles. The molecule has 2 N–H and O–H groups in total. The van der Waals surface area contributed by atoms with Crippen LogP contribution in [0.5, 0.6) is 0 Å². The number of carbonyl (C=O) groups excluding carboxylic acids is 1. The normalized spacial score (nSPS) is 10.0. The van der Waals surface area contributed by atoms with Gasteiger partial charge in [0.15, 0.2) is 0 Å². The Labute approximate surface area is 112 Å². The Morgan fingerprint density at radius 3 is 2.58 bits per heavy atom. The van der Waals surface area contributed by atoms with Crippen LogP contribution in [0.4, 0.5) is 5.82 Å². The Bertz CT molecular complexity index is 431. The van der Waals surface area contributed by atoms with Gasteiger partial charge in [0.25, 0.3) is 5.91 Å². The summed E-state index contributed by atoms with van der Waals surface area (Å²) in [6, 6.07) is 3.42. The fourth-order valence-corrected chi connectivity index (χ4v) is 1.67. The highest BCUT2D eigenvalue weighted by Gasteiger charge is 2.09. The molecule has 0 saturated carbocycles. The largest absolute Gasteiger partial charge is 0.480 e. The molecule has 104 valence electrons. The van der Waals surface area contributed by atoms with Gasteiger partial charge in [-0.25, -0.2) is 4.98 Å². The Kier molecular flexibility index (Phi) is 5.78. The van der Waals surface area contributed by atoms with Crippen molar-refractivity contribution in [3.8, 4) is 0 Å². The number of rotatable bonds is 7. The quantitative estimate of drug-likeness (QED) is 0.772. The highest BCUT2D eigenvalue weighted by molar-refractivity contribution is 5.95. The SMILES string of the molecule is CCCN(CC)c1ccc(C(=O)NCC(=O)O)cn1. The van der Waals surface area contributed by atoms with Crippen LogP contribution in [0.2, 0.25) is 0 Å². The number of nitrogens with one attached hydrogen (secondary N) is 1. The predicted molar refractivity (Wildman–Crippen MR) is 72.4 cm³/mol. The van der Waals surface area contributed by atoms with E-state index < -0.39 is 18.4 Å². The Hall–Kier alpha value is -2.11. The molecule has 1 aromatic heterocycles. The Morgan fingerprint density at radius 1 is 1.37 bits per heavy atom. The van der Waals surface area contributed by atoms with Crippen LogP contribution < -0.4 is 10.2 Å². The zero-order valence-corrected chi connectivity index (χ0v) is 11.2. The molecule has 6 heteroatoms. The lowest BCUT2D eigenvalue weighted by Crippen LogP contribution is -2.29. The third-order valence-corrected chi connectivity index (χ3v) is 2.61. The van der Waals surface area contributed by atoms with E-state index in [9.17, 15) is 9.59 Å². The molecule has 19 heavy (non-hydrogen) atoms. The first kappa shape index (κ1) is 14.9. The lowest BCUT2D eigenvalue weighted by Gasteiger charge is -2.21. The number of aliphatic carboxylic acids is 1. The van der Waals surface area contributed by atoms with Crippen LogP contribution in [0, 0.1) is 0 Å². The maximum atomic E-state index is 11.6. The number of carboxylic acids is 1. The summed E-state index contributed by atoms with van der Waals surface area (Å²) in [7, 11) is 0. The van der Waals surface area contributed by atoms with Crippen LogP contribution >= 0.6 is 0 Å². The van der Waals surface area contributed by atoms with E-state index in [-0.39, 0.29) is 0 Å². The van der Waals surface area contributed by atoms with E-state index in [1.165, 1.54) is 6.20 Å². The number of aromatic nitrogens is 1. The van der Waals surface area contributed by atoms with Gasteiger partial charge in [0.2, 0.25) is 0 Å². The van der Waals surface area contributed by atoms with Gasteiger partial charge in [0.05, 0.1) is 5.56 Å². The third kappa shape index (κ3) is 4.57. The first-order valence-corrected chi connectivity index (χ1v) is 6.29. The standard InChI is InChI=1S/C13H19N3O3/c1-3-7-16(4-2)11-6-5-10(8-14-11)13(19)15-9-12(17)18/h5-6,8H,3-4,7,9H2,1-2H3,(H,15,19)(H,17,18). The van der Waals surface area contributed by atoms with Gasteiger partial charge in [0, 0.05) is 19.3 Å². The maximum Gasteiger partial charge on any atom is 0.322 e. The smallest absolute Gasteiger partial charge is 0.322 e. The summed E-state index contributed by atoms with van der Waals surface area (Å²) >= 11 is 0. The zero-order valence-electron chi connectivity index (χ0n) is 11.2. The molecule has 1 heterocycles. The number of amides is 1. The fraction of sp³-hybridized carbons (Fsp3) is 0.462. The van der Waals surface area contributed by atoms with Gasteiger partial charge in [-0.15, -0.1) is 0 Å².